The van der Waals surface area contributed by atoms with Crippen LogP contribution in [0.25, 0.3) is 0 Å². The fourth-order valence-corrected chi connectivity index (χ4v) is 3.44. The summed E-state index contributed by atoms with van der Waals surface area (Å²) in [6.07, 6.45) is 0.765. The van der Waals surface area contributed by atoms with E-state index in [0.29, 0.717) is 27.2 Å². The number of nitrogens with one attached hydrogen (secondary N) is 1. The minimum Gasteiger partial charge on any atom is -0.329 e. The molecule has 0 radical (unpaired) electrons. The van der Waals surface area contributed by atoms with Crippen LogP contribution >= 0.6 is 34.5 Å². The lowest BCUT2D eigenvalue weighted by Gasteiger charge is -2.21. The fourth-order valence-electron chi connectivity index (χ4n) is 2.21. The van der Waals surface area contributed by atoms with Gasteiger partial charge in [0.05, 0.1) is 15.6 Å². The molecule has 128 valence electrons. The molecular formula is C17H18Cl2N2O2S. The summed E-state index contributed by atoms with van der Waals surface area (Å²) < 4.78 is 0. The average Bonchev–Trinajstić information content (AvgIpc) is 2.96. The Kier molecular flexibility index (Phi) is 6.66. The van der Waals surface area contributed by atoms with Gasteiger partial charge in [-0.15, -0.1) is 11.3 Å². The first-order chi connectivity index (χ1) is 11.4. The van der Waals surface area contributed by atoms with Gasteiger partial charge in [0.15, 0.2) is 0 Å². The second kappa shape index (κ2) is 8.51. The molecule has 0 unspecified atom stereocenters. The van der Waals surface area contributed by atoms with Crippen molar-refractivity contribution in [2.45, 2.75) is 20.3 Å². The Labute approximate surface area is 155 Å². The van der Waals surface area contributed by atoms with Crippen molar-refractivity contribution in [2.75, 3.05) is 18.4 Å². The number of thiophene rings is 1. The third-order valence-electron chi connectivity index (χ3n) is 3.37. The predicted octanol–water partition coefficient (Wildman–Crippen LogP) is 4.85. The number of hydrogen-bond donors (Lipinski definition) is 1. The fraction of sp³-hybridized carbons (Fsp3) is 0.294. The smallest absolute Gasteiger partial charge is 0.264 e. The Balaban J connectivity index is 2.09. The summed E-state index contributed by atoms with van der Waals surface area (Å²) in [4.78, 5) is 27.2. The molecule has 0 aliphatic rings. The number of halogens is 2. The molecule has 0 aliphatic heterocycles. The number of aryl methyl sites for hydroxylation is 1. The largest absolute Gasteiger partial charge is 0.329 e. The van der Waals surface area contributed by atoms with Crippen LogP contribution < -0.4 is 5.32 Å². The average molecular weight is 385 g/mol. The van der Waals surface area contributed by atoms with Crippen LogP contribution in [0.15, 0.2) is 29.6 Å². The van der Waals surface area contributed by atoms with Gasteiger partial charge in [0.2, 0.25) is 5.91 Å². The quantitative estimate of drug-likeness (QED) is 0.773. The van der Waals surface area contributed by atoms with Crippen molar-refractivity contribution < 1.29 is 9.59 Å². The Morgan fingerprint density at radius 3 is 2.62 bits per heavy atom. The SMILES string of the molecule is CCCN(CC(=O)Nc1cc(Cl)ccc1Cl)C(=O)c1sccc1C. The van der Waals surface area contributed by atoms with E-state index >= 15 is 0 Å². The third-order valence-corrected chi connectivity index (χ3v) is 4.94. The molecule has 0 atom stereocenters. The number of carbonyl (C=O) groups excluding carboxylic acids is 2. The van der Waals surface area contributed by atoms with Crippen molar-refractivity contribution in [3.8, 4) is 0 Å². The minimum absolute atomic E-state index is 0.0349. The lowest BCUT2D eigenvalue weighted by atomic mass is 10.2. The van der Waals surface area contributed by atoms with E-state index in [4.69, 9.17) is 23.2 Å². The molecule has 0 saturated heterocycles. The summed E-state index contributed by atoms with van der Waals surface area (Å²) in [6.45, 7) is 4.33. The number of hydrogen-bond acceptors (Lipinski definition) is 3. The highest BCUT2D eigenvalue weighted by Gasteiger charge is 2.21. The van der Waals surface area contributed by atoms with Crippen LogP contribution in [0.3, 0.4) is 0 Å². The van der Waals surface area contributed by atoms with Crippen LogP contribution in [-0.4, -0.2) is 29.8 Å². The monoisotopic (exact) mass is 384 g/mol. The topological polar surface area (TPSA) is 49.4 Å². The number of rotatable bonds is 6. The normalized spacial score (nSPS) is 10.5. The van der Waals surface area contributed by atoms with E-state index < -0.39 is 0 Å². The molecule has 1 N–H and O–H groups in total. The summed E-state index contributed by atoms with van der Waals surface area (Å²) >= 11 is 13.4. The highest BCUT2D eigenvalue weighted by molar-refractivity contribution is 7.12. The number of nitrogens with zero attached hydrogens (tertiary/aromatic N) is 1. The highest BCUT2D eigenvalue weighted by atomic mass is 35.5. The molecule has 24 heavy (non-hydrogen) atoms. The van der Waals surface area contributed by atoms with E-state index in [9.17, 15) is 9.59 Å². The lowest BCUT2D eigenvalue weighted by molar-refractivity contribution is -0.116. The summed E-state index contributed by atoms with van der Waals surface area (Å²) in [5, 5.41) is 5.46. The van der Waals surface area contributed by atoms with E-state index in [1.54, 1.807) is 23.1 Å². The van der Waals surface area contributed by atoms with Gasteiger partial charge in [0.25, 0.3) is 5.91 Å². The van der Waals surface area contributed by atoms with Crippen LogP contribution in [0.4, 0.5) is 5.69 Å². The number of carbonyl (C=O) groups is 2. The van der Waals surface area contributed by atoms with Crippen molar-refractivity contribution in [2.24, 2.45) is 0 Å². The van der Waals surface area contributed by atoms with Gasteiger partial charge in [-0.05, 0) is 48.6 Å². The maximum absolute atomic E-state index is 12.6. The Bertz CT molecular complexity index is 746. The first kappa shape index (κ1) is 18.8. The molecule has 1 heterocycles. The first-order valence-corrected chi connectivity index (χ1v) is 9.14. The Morgan fingerprint density at radius 1 is 1.25 bits per heavy atom. The zero-order valence-electron chi connectivity index (χ0n) is 13.4. The van der Waals surface area contributed by atoms with Gasteiger partial charge in [-0.2, -0.15) is 0 Å². The molecule has 4 nitrogen and oxygen atoms in total. The molecule has 0 fully saturated rings. The molecule has 0 spiro atoms. The maximum Gasteiger partial charge on any atom is 0.264 e. The number of benzene rings is 1. The van der Waals surface area contributed by atoms with Gasteiger partial charge >= 0.3 is 0 Å². The standard InChI is InChI=1S/C17H18Cl2N2O2S/c1-3-7-21(17(23)16-11(2)6-8-24-16)10-15(22)20-14-9-12(18)4-5-13(14)19/h4-6,8-9H,3,7,10H2,1-2H3,(H,20,22). The van der Waals surface area contributed by atoms with Crippen molar-refractivity contribution in [3.63, 3.8) is 0 Å². The number of amides is 2. The van der Waals surface area contributed by atoms with E-state index in [-0.39, 0.29) is 18.4 Å². The molecule has 1 aromatic heterocycles. The lowest BCUT2D eigenvalue weighted by Crippen LogP contribution is -2.38. The molecular weight excluding hydrogens is 367 g/mol. The summed E-state index contributed by atoms with van der Waals surface area (Å²) in [6, 6.07) is 6.74. The van der Waals surface area contributed by atoms with Gasteiger partial charge in [-0.25, -0.2) is 0 Å². The molecule has 0 saturated carbocycles. The molecule has 7 heteroatoms. The zero-order chi connectivity index (χ0) is 17.7. The first-order valence-electron chi connectivity index (χ1n) is 7.50. The second-order valence-electron chi connectivity index (χ2n) is 5.33. The number of anilines is 1. The molecule has 2 aromatic rings. The van der Waals surface area contributed by atoms with Crippen LogP contribution in [-0.2, 0) is 4.79 Å². The molecule has 2 amide bonds. The summed E-state index contributed by atoms with van der Waals surface area (Å²) in [5.74, 6) is -0.438. The van der Waals surface area contributed by atoms with Gasteiger partial charge in [0, 0.05) is 11.6 Å². The zero-order valence-corrected chi connectivity index (χ0v) is 15.8. The van der Waals surface area contributed by atoms with Crippen molar-refractivity contribution in [1.29, 1.82) is 0 Å². The van der Waals surface area contributed by atoms with Crippen LogP contribution in [0.1, 0.15) is 28.6 Å². The van der Waals surface area contributed by atoms with Crippen LogP contribution in [0, 0.1) is 6.92 Å². The van der Waals surface area contributed by atoms with Gasteiger partial charge in [-0.3, -0.25) is 9.59 Å². The predicted molar refractivity (Wildman–Crippen MR) is 100 cm³/mol. The van der Waals surface area contributed by atoms with Crippen molar-refractivity contribution in [1.82, 2.24) is 4.90 Å². The summed E-state index contributed by atoms with van der Waals surface area (Å²) in [5.41, 5.74) is 1.36. The van der Waals surface area contributed by atoms with E-state index in [1.165, 1.54) is 11.3 Å². The second-order valence-corrected chi connectivity index (χ2v) is 7.09. The maximum atomic E-state index is 12.6. The van der Waals surface area contributed by atoms with Crippen LogP contribution in [0.5, 0.6) is 0 Å². The molecule has 0 aliphatic carbocycles. The Hall–Kier alpha value is -1.56. The minimum atomic E-state index is -0.310. The van der Waals surface area contributed by atoms with Crippen molar-refractivity contribution >= 4 is 52.0 Å². The molecule has 0 bridgehead atoms. The van der Waals surface area contributed by atoms with Crippen molar-refractivity contribution in [3.05, 3.63) is 50.1 Å². The van der Waals surface area contributed by atoms with Gasteiger partial charge < -0.3 is 10.2 Å². The van der Waals surface area contributed by atoms with Crippen LogP contribution in [0.2, 0.25) is 10.0 Å². The summed E-state index contributed by atoms with van der Waals surface area (Å²) in [7, 11) is 0. The third kappa shape index (κ3) is 4.72. The van der Waals surface area contributed by atoms with E-state index in [0.717, 1.165) is 12.0 Å². The molecule has 1 aromatic carbocycles. The van der Waals surface area contributed by atoms with Gasteiger partial charge in [-0.1, -0.05) is 30.1 Å². The van der Waals surface area contributed by atoms with E-state index in [2.05, 4.69) is 5.32 Å². The van der Waals surface area contributed by atoms with E-state index in [1.807, 2.05) is 25.3 Å². The highest BCUT2D eigenvalue weighted by Crippen LogP contribution is 2.25. The molecule has 2 rings (SSSR count). The van der Waals surface area contributed by atoms with Gasteiger partial charge in [0.1, 0.15) is 6.54 Å². The Morgan fingerprint density at radius 2 is 2.00 bits per heavy atom.